The van der Waals surface area contributed by atoms with Crippen LogP contribution in [-0.4, -0.2) is 35.4 Å². The molecule has 0 radical (unpaired) electrons. The standard InChI is InChI=1S/C26H32FNO4/c1-15(2)25-21(11-10-20-12-19(29)13-23(30)32-20)24(17-6-8-18(27)9-7-17)22(14-31-5)26(28-25)16(3)4/h6-11,15-16,19-20,29H,12-14H2,1-5H3/b11-10+. The third kappa shape index (κ3) is 5.43. The first-order valence-electron chi connectivity index (χ1n) is 11.1. The van der Waals surface area contributed by atoms with E-state index in [0.29, 0.717) is 13.0 Å². The quantitative estimate of drug-likeness (QED) is 0.586. The largest absolute Gasteiger partial charge is 0.458 e. The molecule has 32 heavy (non-hydrogen) atoms. The number of hydrogen-bond donors (Lipinski definition) is 1. The molecular weight excluding hydrogens is 409 g/mol. The van der Waals surface area contributed by atoms with Crippen molar-refractivity contribution < 1.29 is 23.8 Å². The number of carbonyl (C=O) groups is 1. The summed E-state index contributed by atoms with van der Waals surface area (Å²) in [7, 11) is 1.65. The molecule has 0 bridgehead atoms. The minimum Gasteiger partial charge on any atom is -0.458 e. The third-order valence-electron chi connectivity index (χ3n) is 5.58. The number of esters is 1. The Bertz CT molecular complexity index is 982. The Morgan fingerprint density at radius 2 is 1.84 bits per heavy atom. The highest BCUT2D eigenvalue weighted by atomic mass is 19.1. The first-order chi connectivity index (χ1) is 15.2. The number of aliphatic hydroxyl groups excluding tert-OH is 1. The van der Waals surface area contributed by atoms with Crippen molar-refractivity contribution in [2.24, 2.45) is 0 Å². The second kappa shape index (κ2) is 10.4. The maximum absolute atomic E-state index is 13.7. The number of pyridine rings is 1. The molecule has 5 nitrogen and oxygen atoms in total. The van der Waals surface area contributed by atoms with Gasteiger partial charge in [-0.1, -0.05) is 45.9 Å². The number of aliphatic hydroxyl groups is 1. The predicted octanol–water partition coefficient (Wildman–Crippen LogP) is 5.36. The van der Waals surface area contributed by atoms with Gasteiger partial charge in [-0.2, -0.15) is 0 Å². The molecule has 0 spiro atoms. The number of rotatable bonds is 7. The van der Waals surface area contributed by atoms with Crippen molar-refractivity contribution in [3.05, 3.63) is 58.7 Å². The summed E-state index contributed by atoms with van der Waals surface area (Å²) in [4.78, 5) is 16.8. The van der Waals surface area contributed by atoms with Gasteiger partial charge in [0.2, 0.25) is 0 Å². The molecule has 1 aliphatic rings. The highest BCUT2D eigenvalue weighted by molar-refractivity contribution is 5.80. The van der Waals surface area contributed by atoms with E-state index in [1.54, 1.807) is 19.2 Å². The van der Waals surface area contributed by atoms with Crippen molar-refractivity contribution in [2.45, 2.75) is 71.2 Å². The van der Waals surface area contributed by atoms with E-state index < -0.39 is 18.2 Å². The van der Waals surface area contributed by atoms with Gasteiger partial charge >= 0.3 is 5.97 Å². The second-order valence-electron chi connectivity index (χ2n) is 8.88. The molecule has 172 valence electrons. The van der Waals surface area contributed by atoms with Gasteiger partial charge in [-0.25, -0.2) is 4.39 Å². The minimum absolute atomic E-state index is 0.0189. The molecule has 1 aromatic heterocycles. The third-order valence-corrected chi connectivity index (χ3v) is 5.58. The lowest BCUT2D eigenvalue weighted by Crippen LogP contribution is -2.31. The van der Waals surface area contributed by atoms with E-state index in [0.717, 1.165) is 33.6 Å². The van der Waals surface area contributed by atoms with Crippen LogP contribution in [0.1, 0.15) is 74.9 Å². The lowest BCUT2D eigenvalue weighted by molar-refractivity contribution is -0.156. The van der Waals surface area contributed by atoms with Crippen LogP contribution < -0.4 is 0 Å². The number of benzene rings is 1. The molecule has 0 aliphatic carbocycles. The van der Waals surface area contributed by atoms with Crippen molar-refractivity contribution in [3.63, 3.8) is 0 Å². The van der Waals surface area contributed by atoms with Gasteiger partial charge in [0.15, 0.2) is 0 Å². The Hall–Kier alpha value is -2.57. The van der Waals surface area contributed by atoms with E-state index in [-0.39, 0.29) is 24.1 Å². The molecule has 1 saturated heterocycles. The highest BCUT2D eigenvalue weighted by Gasteiger charge is 2.27. The molecule has 6 heteroatoms. The van der Waals surface area contributed by atoms with Crippen molar-refractivity contribution in [1.29, 1.82) is 0 Å². The van der Waals surface area contributed by atoms with Gasteiger partial charge in [0, 0.05) is 30.4 Å². The summed E-state index contributed by atoms with van der Waals surface area (Å²) in [6.07, 6.45) is 2.88. The fraction of sp³-hybridized carbons (Fsp3) is 0.462. The number of nitrogens with zero attached hydrogens (tertiary/aromatic N) is 1. The summed E-state index contributed by atoms with van der Waals surface area (Å²) in [6.45, 7) is 8.72. The van der Waals surface area contributed by atoms with Crippen LogP contribution >= 0.6 is 0 Å². The van der Waals surface area contributed by atoms with Crippen molar-refractivity contribution >= 4 is 12.0 Å². The van der Waals surface area contributed by atoms with Crippen LogP contribution in [0.15, 0.2) is 30.3 Å². The van der Waals surface area contributed by atoms with Crippen molar-refractivity contribution in [2.75, 3.05) is 7.11 Å². The van der Waals surface area contributed by atoms with Gasteiger partial charge in [-0.3, -0.25) is 9.78 Å². The molecule has 1 fully saturated rings. The summed E-state index contributed by atoms with van der Waals surface area (Å²) in [6, 6.07) is 6.42. The van der Waals surface area contributed by atoms with Crippen LogP contribution in [-0.2, 0) is 20.9 Å². The average molecular weight is 442 g/mol. The molecule has 0 amide bonds. The lowest BCUT2D eigenvalue weighted by Gasteiger charge is -2.25. The van der Waals surface area contributed by atoms with E-state index in [9.17, 15) is 14.3 Å². The summed E-state index contributed by atoms with van der Waals surface area (Å²) < 4.78 is 24.6. The normalized spacial score (nSPS) is 19.2. The van der Waals surface area contributed by atoms with Gasteiger partial charge in [-0.05, 0) is 41.2 Å². The Balaban J connectivity index is 2.24. The zero-order valence-corrected chi connectivity index (χ0v) is 19.4. The van der Waals surface area contributed by atoms with Gasteiger partial charge < -0.3 is 14.6 Å². The molecule has 0 saturated carbocycles. The maximum Gasteiger partial charge on any atom is 0.309 e. The van der Waals surface area contributed by atoms with Crippen LogP contribution in [0.2, 0.25) is 0 Å². The number of ether oxygens (including phenoxy) is 2. The fourth-order valence-corrected chi connectivity index (χ4v) is 4.13. The first-order valence-corrected chi connectivity index (χ1v) is 11.1. The topological polar surface area (TPSA) is 68.7 Å². The summed E-state index contributed by atoms with van der Waals surface area (Å²) in [5.41, 5.74) is 5.51. The number of cyclic esters (lactones) is 1. The monoisotopic (exact) mass is 441 g/mol. The zero-order valence-electron chi connectivity index (χ0n) is 19.4. The Labute approximate surface area is 189 Å². The number of hydrogen-bond acceptors (Lipinski definition) is 5. The molecule has 1 aliphatic heterocycles. The van der Waals surface area contributed by atoms with E-state index in [2.05, 4.69) is 27.7 Å². The van der Waals surface area contributed by atoms with Crippen molar-refractivity contribution in [1.82, 2.24) is 4.98 Å². The number of halogens is 1. The summed E-state index contributed by atoms with van der Waals surface area (Å²) >= 11 is 0. The van der Waals surface area contributed by atoms with Crippen LogP contribution in [0.4, 0.5) is 4.39 Å². The highest BCUT2D eigenvalue weighted by Crippen LogP contribution is 2.38. The summed E-state index contributed by atoms with van der Waals surface area (Å²) in [5, 5.41) is 9.96. The van der Waals surface area contributed by atoms with Gasteiger partial charge in [0.1, 0.15) is 11.9 Å². The molecule has 2 atom stereocenters. The average Bonchev–Trinajstić information content (AvgIpc) is 2.72. The van der Waals surface area contributed by atoms with Gasteiger partial charge in [0.25, 0.3) is 0 Å². The SMILES string of the molecule is COCc1c(C(C)C)nc(C(C)C)c(/C=C/C2CC(O)CC(=O)O2)c1-c1ccc(F)cc1. The van der Waals surface area contributed by atoms with Crippen LogP contribution in [0, 0.1) is 5.82 Å². The Kier molecular flexibility index (Phi) is 7.80. The molecule has 2 aromatic rings. The maximum atomic E-state index is 13.7. The molecule has 1 aromatic carbocycles. The molecular formula is C26H32FNO4. The van der Waals surface area contributed by atoms with E-state index in [4.69, 9.17) is 14.5 Å². The zero-order chi connectivity index (χ0) is 23.4. The number of carbonyl (C=O) groups excluding carboxylic acids is 1. The van der Waals surface area contributed by atoms with Crippen molar-refractivity contribution in [3.8, 4) is 11.1 Å². The fourth-order valence-electron chi connectivity index (χ4n) is 4.13. The van der Waals surface area contributed by atoms with E-state index in [1.165, 1.54) is 12.1 Å². The van der Waals surface area contributed by atoms with Gasteiger partial charge in [0.05, 0.1) is 24.8 Å². The molecule has 3 rings (SSSR count). The van der Waals surface area contributed by atoms with Crippen LogP contribution in [0.25, 0.3) is 17.2 Å². The van der Waals surface area contributed by atoms with Crippen LogP contribution in [0.3, 0.4) is 0 Å². The number of methoxy groups -OCH3 is 1. The molecule has 2 unspecified atom stereocenters. The van der Waals surface area contributed by atoms with Crippen LogP contribution in [0.5, 0.6) is 0 Å². The second-order valence-corrected chi connectivity index (χ2v) is 8.88. The van der Waals surface area contributed by atoms with E-state index in [1.807, 2.05) is 12.2 Å². The molecule has 2 heterocycles. The smallest absolute Gasteiger partial charge is 0.309 e. The predicted molar refractivity (Wildman–Crippen MR) is 123 cm³/mol. The number of aromatic nitrogens is 1. The molecule has 1 N–H and O–H groups in total. The first kappa shape index (κ1) is 24.1. The lowest BCUT2D eigenvalue weighted by atomic mass is 9.87. The minimum atomic E-state index is -0.711. The Morgan fingerprint density at radius 1 is 1.19 bits per heavy atom. The Morgan fingerprint density at radius 3 is 2.41 bits per heavy atom. The van der Waals surface area contributed by atoms with Gasteiger partial charge in [-0.15, -0.1) is 0 Å². The van der Waals surface area contributed by atoms with E-state index >= 15 is 0 Å². The summed E-state index contributed by atoms with van der Waals surface area (Å²) in [5.74, 6) is -0.411.